The second-order valence-electron chi connectivity index (χ2n) is 6.80. The van der Waals surface area contributed by atoms with Gasteiger partial charge in [0.05, 0.1) is 0 Å². The molecule has 0 amide bonds. The van der Waals surface area contributed by atoms with Crippen LogP contribution in [0.2, 0.25) is 0 Å². The smallest absolute Gasteiger partial charge is 0.124 e. The Balaban J connectivity index is 2.27. The van der Waals surface area contributed by atoms with Crippen molar-refractivity contribution in [3.05, 3.63) is 34.1 Å². The molecule has 4 heteroatoms. The van der Waals surface area contributed by atoms with Crippen LogP contribution in [0, 0.1) is 5.82 Å². The van der Waals surface area contributed by atoms with E-state index in [4.69, 9.17) is 0 Å². The zero-order valence-electron chi connectivity index (χ0n) is 13.5. The average molecular weight is 357 g/mol. The minimum absolute atomic E-state index is 0.0956. The van der Waals surface area contributed by atoms with Gasteiger partial charge >= 0.3 is 0 Å². The van der Waals surface area contributed by atoms with E-state index in [1.165, 1.54) is 6.07 Å². The summed E-state index contributed by atoms with van der Waals surface area (Å²) in [5.74, 6) is -0.174. The van der Waals surface area contributed by atoms with Gasteiger partial charge in [0.15, 0.2) is 0 Å². The van der Waals surface area contributed by atoms with Crippen LogP contribution < -0.4 is 5.32 Å². The van der Waals surface area contributed by atoms with Gasteiger partial charge in [-0.15, -0.1) is 0 Å². The Kier molecular flexibility index (Phi) is 5.11. The number of hydrogen-bond donors (Lipinski definition) is 1. The second-order valence-corrected chi connectivity index (χ2v) is 7.72. The number of benzene rings is 1. The predicted molar refractivity (Wildman–Crippen MR) is 89.9 cm³/mol. The Hall–Kier alpha value is -0.450. The summed E-state index contributed by atoms with van der Waals surface area (Å²) in [7, 11) is 0. The number of halogens is 2. The Morgan fingerprint density at radius 1 is 1.24 bits per heavy atom. The largest absolute Gasteiger partial charge is 0.309 e. The molecule has 1 fully saturated rings. The first-order valence-electron chi connectivity index (χ1n) is 7.75. The molecule has 0 radical (unpaired) electrons. The van der Waals surface area contributed by atoms with Crippen molar-refractivity contribution in [3.63, 3.8) is 0 Å². The molecule has 21 heavy (non-hydrogen) atoms. The Morgan fingerprint density at radius 2 is 1.90 bits per heavy atom. The van der Waals surface area contributed by atoms with Crippen LogP contribution in [-0.4, -0.2) is 29.1 Å². The fraction of sp³-hybridized carbons (Fsp3) is 0.647. The third-order valence-electron chi connectivity index (χ3n) is 4.76. The van der Waals surface area contributed by atoms with Gasteiger partial charge < -0.3 is 5.32 Å². The zero-order chi connectivity index (χ0) is 15.7. The number of rotatable bonds is 4. The van der Waals surface area contributed by atoms with Crippen LogP contribution in [0.25, 0.3) is 0 Å². The highest BCUT2D eigenvalue weighted by Gasteiger charge is 2.41. The first-order chi connectivity index (χ1) is 9.80. The van der Waals surface area contributed by atoms with E-state index >= 15 is 0 Å². The monoisotopic (exact) mass is 356 g/mol. The van der Waals surface area contributed by atoms with Gasteiger partial charge in [-0.25, -0.2) is 4.39 Å². The van der Waals surface area contributed by atoms with E-state index in [9.17, 15) is 4.39 Å². The lowest BCUT2D eigenvalue weighted by atomic mass is 9.84. The standard InChI is InChI=1S/C17H26BrFN2/c1-5-17(6-2)11-20-16(3,4)12-21(17)10-13-7-14(18)9-15(19)8-13/h7-9,20H,5-6,10-12H2,1-4H3. The van der Waals surface area contributed by atoms with Crippen molar-refractivity contribution in [2.45, 2.75) is 58.2 Å². The van der Waals surface area contributed by atoms with Crippen LogP contribution in [-0.2, 0) is 6.54 Å². The molecule has 0 saturated carbocycles. The summed E-state index contributed by atoms with van der Waals surface area (Å²) < 4.78 is 14.4. The molecule has 0 aromatic heterocycles. The van der Waals surface area contributed by atoms with Gasteiger partial charge in [-0.2, -0.15) is 0 Å². The van der Waals surface area contributed by atoms with Gasteiger partial charge in [0.25, 0.3) is 0 Å². The van der Waals surface area contributed by atoms with E-state index in [1.54, 1.807) is 6.07 Å². The lowest BCUT2D eigenvalue weighted by Gasteiger charge is -2.52. The van der Waals surface area contributed by atoms with Gasteiger partial charge in [-0.1, -0.05) is 29.8 Å². The molecule has 2 nitrogen and oxygen atoms in total. The van der Waals surface area contributed by atoms with E-state index in [2.05, 4.69) is 53.8 Å². The zero-order valence-corrected chi connectivity index (χ0v) is 15.1. The summed E-state index contributed by atoms with van der Waals surface area (Å²) in [6.07, 6.45) is 2.20. The van der Waals surface area contributed by atoms with E-state index in [-0.39, 0.29) is 16.9 Å². The summed E-state index contributed by atoms with van der Waals surface area (Å²) in [6.45, 7) is 11.7. The molecule has 0 aliphatic carbocycles. The van der Waals surface area contributed by atoms with Crippen LogP contribution >= 0.6 is 15.9 Å². The second kappa shape index (κ2) is 6.35. The summed E-state index contributed by atoms with van der Waals surface area (Å²) in [5.41, 5.74) is 1.29. The van der Waals surface area contributed by atoms with E-state index in [1.807, 2.05) is 6.07 Å². The molecule has 0 bridgehead atoms. The SMILES string of the molecule is CCC1(CC)CNC(C)(C)CN1Cc1cc(F)cc(Br)c1. The van der Waals surface area contributed by atoms with Crippen molar-refractivity contribution in [2.24, 2.45) is 0 Å². The topological polar surface area (TPSA) is 15.3 Å². The molecule has 1 aliphatic rings. The maximum atomic E-state index is 13.6. The van der Waals surface area contributed by atoms with Crippen molar-refractivity contribution >= 4 is 15.9 Å². The fourth-order valence-electron chi connectivity index (χ4n) is 3.31. The maximum absolute atomic E-state index is 13.6. The van der Waals surface area contributed by atoms with E-state index in [0.717, 1.165) is 42.5 Å². The van der Waals surface area contributed by atoms with Crippen LogP contribution in [0.3, 0.4) is 0 Å². The van der Waals surface area contributed by atoms with E-state index < -0.39 is 0 Å². The first-order valence-corrected chi connectivity index (χ1v) is 8.54. The molecule has 1 aliphatic heterocycles. The molecular formula is C17H26BrFN2. The molecule has 0 spiro atoms. The summed E-state index contributed by atoms with van der Waals surface area (Å²) in [6, 6.07) is 5.18. The number of nitrogens with zero attached hydrogens (tertiary/aromatic N) is 1. The quantitative estimate of drug-likeness (QED) is 0.863. The molecule has 1 heterocycles. The maximum Gasteiger partial charge on any atom is 0.124 e. The fourth-order valence-corrected chi connectivity index (χ4v) is 3.82. The normalized spacial score (nSPS) is 21.4. The van der Waals surface area contributed by atoms with Crippen molar-refractivity contribution in [2.75, 3.05) is 13.1 Å². The molecule has 1 aromatic rings. The van der Waals surface area contributed by atoms with Crippen molar-refractivity contribution < 1.29 is 4.39 Å². The average Bonchev–Trinajstić information content (AvgIpc) is 2.38. The number of piperazine rings is 1. The first kappa shape index (κ1) is 16.9. The van der Waals surface area contributed by atoms with Gasteiger partial charge in [0.1, 0.15) is 5.82 Å². The van der Waals surface area contributed by atoms with Gasteiger partial charge in [0, 0.05) is 35.2 Å². The van der Waals surface area contributed by atoms with Gasteiger partial charge in [-0.05, 0) is 50.5 Å². The van der Waals surface area contributed by atoms with Crippen molar-refractivity contribution in [1.82, 2.24) is 10.2 Å². The van der Waals surface area contributed by atoms with Gasteiger partial charge in [0.2, 0.25) is 0 Å². The minimum atomic E-state index is -0.174. The van der Waals surface area contributed by atoms with Gasteiger partial charge in [-0.3, -0.25) is 4.90 Å². The Bertz CT molecular complexity index is 477. The lowest BCUT2D eigenvalue weighted by molar-refractivity contribution is 0.00227. The molecule has 0 unspecified atom stereocenters. The molecule has 2 rings (SSSR count). The highest BCUT2D eigenvalue weighted by Crippen LogP contribution is 2.32. The number of hydrogen-bond acceptors (Lipinski definition) is 2. The molecule has 1 saturated heterocycles. The summed E-state index contributed by atoms with van der Waals surface area (Å²) in [5, 5.41) is 3.66. The van der Waals surface area contributed by atoms with Crippen LogP contribution in [0.5, 0.6) is 0 Å². The highest BCUT2D eigenvalue weighted by molar-refractivity contribution is 9.10. The Morgan fingerprint density at radius 3 is 2.48 bits per heavy atom. The summed E-state index contributed by atoms with van der Waals surface area (Å²) >= 11 is 3.39. The van der Waals surface area contributed by atoms with Crippen LogP contribution in [0.15, 0.2) is 22.7 Å². The third kappa shape index (κ3) is 3.85. The molecular weight excluding hydrogens is 331 g/mol. The van der Waals surface area contributed by atoms with Crippen molar-refractivity contribution in [1.29, 1.82) is 0 Å². The lowest BCUT2D eigenvalue weighted by Crippen LogP contribution is -2.67. The predicted octanol–water partition coefficient (Wildman–Crippen LogP) is 4.33. The summed E-state index contributed by atoms with van der Waals surface area (Å²) in [4.78, 5) is 2.53. The Labute approximate surface area is 136 Å². The third-order valence-corrected chi connectivity index (χ3v) is 5.22. The molecule has 118 valence electrons. The number of nitrogens with one attached hydrogen (secondary N) is 1. The van der Waals surface area contributed by atoms with E-state index in [0.29, 0.717) is 0 Å². The van der Waals surface area contributed by atoms with Crippen LogP contribution in [0.1, 0.15) is 46.1 Å². The molecule has 1 N–H and O–H groups in total. The highest BCUT2D eigenvalue weighted by atomic mass is 79.9. The van der Waals surface area contributed by atoms with Crippen LogP contribution in [0.4, 0.5) is 4.39 Å². The molecule has 1 aromatic carbocycles. The minimum Gasteiger partial charge on any atom is -0.309 e. The van der Waals surface area contributed by atoms with Crippen molar-refractivity contribution in [3.8, 4) is 0 Å². The molecule has 0 atom stereocenters.